The minimum Gasteiger partial charge on any atom is -0.311 e. The number of piperazine rings is 1. The Labute approximate surface area is 108 Å². The summed E-state index contributed by atoms with van der Waals surface area (Å²) in [4.78, 5) is 7.80. The van der Waals surface area contributed by atoms with Gasteiger partial charge in [-0.2, -0.15) is 0 Å². The molecule has 1 saturated heterocycles. The van der Waals surface area contributed by atoms with Crippen LogP contribution in [-0.4, -0.2) is 56.1 Å². The molecule has 0 aromatic carbocycles. The quantitative estimate of drug-likeness (QED) is 0.800. The first-order valence-electron chi connectivity index (χ1n) is 6.41. The Bertz CT molecular complexity index is 329. The lowest BCUT2D eigenvalue weighted by Crippen LogP contribution is -2.46. The molecule has 96 valence electrons. The fraction of sp³-hybridized carbons (Fsp3) is 0.692. The monoisotopic (exact) mass is 253 g/mol. The van der Waals surface area contributed by atoms with Gasteiger partial charge in [-0.3, -0.25) is 4.90 Å². The Kier molecular flexibility index (Phi) is 4.98. The van der Waals surface area contributed by atoms with Gasteiger partial charge in [-0.1, -0.05) is 0 Å². The molecule has 1 aromatic heterocycles. The van der Waals surface area contributed by atoms with Gasteiger partial charge < -0.3 is 10.2 Å². The Morgan fingerprint density at radius 3 is 2.65 bits per heavy atom. The zero-order chi connectivity index (χ0) is 12.1. The predicted molar refractivity (Wildman–Crippen MR) is 74.7 cm³/mol. The number of nitrogens with zero attached hydrogens (tertiary/aromatic N) is 2. The highest BCUT2D eigenvalue weighted by Gasteiger charge is 2.12. The van der Waals surface area contributed by atoms with E-state index >= 15 is 0 Å². The third-order valence-corrected chi connectivity index (χ3v) is 4.30. The largest absolute Gasteiger partial charge is 0.311 e. The Hall–Kier alpha value is -0.420. The van der Waals surface area contributed by atoms with Gasteiger partial charge in [0.15, 0.2) is 0 Å². The van der Waals surface area contributed by atoms with Gasteiger partial charge >= 0.3 is 0 Å². The average Bonchev–Trinajstić information content (AvgIpc) is 2.73. The van der Waals surface area contributed by atoms with Crippen molar-refractivity contribution in [2.75, 3.05) is 46.3 Å². The normalized spacial score (nSPS) is 18.7. The molecule has 4 heteroatoms. The molecule has 0 atom stereocenters. The maximum absolute atomic E-state index is 3.53. The SMILES string of the molecule is Cc1ccc(CNCCN2CCN(C)CC2)s1. The number of hydrogen-bond donors (Lipinski definition) is 1. The summed E-state index contributed by atoms with van der Waals surface area (Å²) < 4.78 is 0. The average molecular weight is 253 g/mol. The summed E-state index contributed by atoms with van der Waals surface area (Å²) in [5, 5.41) is 3.53. The molecule has 1 N–H and O–H groups in total. The molecule has 0 saturated carbocycles. The maximum atomic E-state index is 3.53. The third-order valence-electron chi connectivity index (χ3n) is 3.30. The molecule has 0 amide bonds. The third kappa shape index (κ3) is 4.39. The highest BCUT2D eigenvalue weighted by molar-refractivity contribution is 7.11. The number of rotatable bonds is 5. The van der Waals surface area contributed by atoms with Gasteiger partial charge in [-0.15, -0.1) is 11.3 Å². The lowest BCUT2D eigenvalue weighted by Gasteiger charge is -2.32. The van der Waals surface area contributed by atoms with Gasteiger partial charge in [0.2, 0.25) is 0 Å². The van der Waals surface area contributed by atoms with Gasteiger partial charge in [0.1, 0.15) is 0 Å². The van der Waals surface area contributed by atoms with Gasteiger partial charge in [-0.05, 0) is 26.1 Å². The highest BCUT2D eigenvalue weighted by atomic mass is 32.1. The molecule has 0 spiro atoms. The predicted octanol–water partition coefficient (Wildman–Crippen LogP) is 1.39. The lowest BCUT2D eigenvalue weighted by atomic mass is 10.3. The van der Waals surface area contributed by atoms with E-state index in [1.54, 1.807) is 0 Å². The summed E-state index contributed by atoms with van der Waals surface area (Å²) in [7, 11) is 2.20. The summed E-state index contributed by atoms with van der Waals surface area (Å²) in [5.74, 6) is 0. The van der Waals surface area contributed by atoms with Crippen molar-refractivity contribution in [3.8, 4) is 0 Å². The van der Waals surface area contributed by atoms with Crippen LogP contribution in [0.4, 0.5) is 0 Å². The molecule has 1 aliphatic heterocycles. The molecule has 3 nitrogen and oxygen atoms in total. The van der Waals surface area contributed by atoms with Crippen LogP contribution in [0.5, 0.6) is 0 Å². The van der Waals surface area contributed by atoms with Crippen molar-refractivity contribution in [3.05, 3.63) is 21.9 Å². The van der Waals surface area contributed by atoms with Crippen LogP contribution in [0.2, 0.25) is 0 Å². The summed E-state index contributed by atoms with van der Waals surface area (Å²) in [6.07, 6.45) is 0. The van der Waals surface area contributed by atoms with Gasteiger partial charge in [0, 0.05) is 55.6 Å². The maximum Gasteiger partial charge on any atom is 0.0300 e. The first-order chi connectivity index (χ1) is 8.24. The topological polar surface area (TPSA) is 18.5 Å². The number of likely N-dealkylation sites (N-methyl/N-ethyl adjacent to an activating group) is 1. The van der Waals surface area contributed by atoms with Crippen molar-refractivity contribution < 1.29 is 0 Å². The molecule has 2 rings (SSSR count). The second-order valence-electron chi connectivity index (χ2n) is 4.83. The first-order valence-corrected chi connectivity index (χ1v) is 7.22. The Balaban J connectivity index is 1.57. The molecule has 17 heavy (non-hydrogen) atoms. The zero-order valence-electron chi connectivity index (χ0n) is 10.9. The molecule has 0 unspecified atom stereocenters. The smallest absolute Gasteiger partial charge is 0.0300 e. The van der Waals surface area contributed by atoms with Crippen molar-refractivity contribution >= 4 is 11.3 Å². The molecule has 0 bridgehead atoms. The van der Waals surface area contributed by atoms with Gasteiger partial charge in [0.05, 0.1) is 0 Å². The van der Waals surface area contributed by atoms with E-state index in [2.05, 4.69) is 41.2 Å². The Morgan fingerprint density at radius 2 is 2.00 bits per heavy atom. The minimum atomic E-state index is 1.02. The van der Waals surface area contributed by atoms with Crippen LogP contribution in [0.1, 0.15) is 9.75 Å². The molecule has 0 radical (unpaired) electrons. The molecule has 2 heterocycles. The van der Waals surface area contributed by atoms with E-state index in [1.165, 1.54) is 42.5 Å². The van der Waals surface area contributed by atoms with Gasteiger partial charge in [0.25, 0.3) is 0 Å². The van der Waals surface area contributed by atoms with Crippen LogP contribution in [0.3, 0.4) is 0 Å². The van der Waals surface area contributed by atoms with Crippen molar-refractivity contribution in [2.45, 2.75) is 13.5 Å². The number of nitrogens with one attached hydrogen (secondary N) is 1. The molecular formula is C13H23N3S. The standard InChI is InChI=1S/C13H23N3S/c1-12-3-4-13(17-12)11-14-5-6-16-9-7-15(2)8-10-16/h3-4,14H,5-11H2,1-2H3. The molecule has 1 aliphatic rings. The molecular weight excluding hydrogens is 230 g/mol. The van der Waals surface area contributed by atoms with E-state index in [9.17, 15) is 0 Å². The van der Waals surface area contributed by atoms with Crippen LogP contribution < -0.4 is 5.32 Å². The number of thiophene rings is 1. The second kappa shape index (κ2) is 6.50. The van der Waals surface area contributed by atoms with Crippen molar-refractivity contribution in [3.63, 3.8) is 0 Å². The van der Waals surface area contributed by atoms with Gasteiger partial charge in [-0.25, -0.2) is 0 Å². The van der Waals surface area contributed by atoms with Crippen molar-refractivity contribution in [2.24, 2.45) is 0 Å². The first kappa shape index (κ1) is 13.0. The molecule has 1 fully saturated rings. The summed E-state index contributed by atoms with van der Waals surface area (Å²) in [6.45, 7) is 10.3. The second-order valence-corrected chi connectivity index (χ2v) is 6.21. The van der Waals surface area contributed by atoms with E-state index in [0.29, 0.717) is 0 Å². The van der Waals surface area contributed by atoms with E-state index in [1.807, 2.05) is 11.3 Å². The Morgan fingerprint density at radius 1 is 1.24 bits per heavy atom. The minimum absolute atomic E-state index is 1.02. The molecule has 0 aliphatic carbocycles. The van der Waals surface area contributed by atoms with Crippen LogP contribution >= 0.6 is 11.3 Å². The van der Waals surface area contributed by atoms with E-state index in [-0.39, 0.29) is 0 Å². The lowest BCUT2D eigenvalue weighted by molar-refractivity contribution is 0.154. The van der Waals surface area contributed by atoms with Crippen LogP contribution in [0.25, 0.3) is 0 Å². The zero-order valence-corrected chi connectivity index (χ0v) is 11.7. The number of hydrogen-bond acceptors (Lipinski definition) is 4. The highest BCUT2D eigenvalue weighted by Crippen LogP contribution is 2.14. The van der Waals surface area contributed by atoms with Crippen LogP contribution in [0.15, 0.2) is 12.1 Å². The van der Waals surface area contributed by atoms with Crippen LogP contribution in [0, 0.1) is 6.92 Å². The summed E-state index contributed by atoms with van der Waals surface area (Å²) in [6, 6.07) is 4.42. The summed E-state index contributed by atoms with van der Waals surface area (Å²) >= 11 is 1.89. The van der Waals surface area contributed by atoms with Crippen molar-refractivity contribution in [1.29, 1.82) is 0 Å². The fourth-order valence-electron chi connectivity index (χ4n) is 2.10. The van der Waals surface area contributed by atoms with E-state index < -0.39 is 0 Å². The van der Waals surface area contributed by atoms with Crippen molar-refractivity contribution in [1.82, 2.24) is 15.1 Å². The number of aryl methyl sites for hydroxylation is 1. The summed E-state index contributed by atoms with van der Waals surface area (Å²) in [5.41, 5.74) is 0. The van der Waals surface area contributed by atoms with E-state index in [4.69, 9.17) is 0 Å². The van der Waals surface area contributed by atoms with Crippen LogP contribution in [-0.2, 0) is 6.54 Å². The fourth-order valence-corrected chi connectivity index (χ4v) is 2.96. The van der Waals surface area contributed by atoms with E-state index in [0.717, 1.165) is 13.1 Å². The molecule has 1 aromatic rings.